The van der Waals surface area contributed by atoms with Crippen LogP contribution in [0.3, 0.4) is 0 Å². The summed E-state index contributed by atoms with van der Waals surface area (Å²) in [5.74, 6) is -1.99. The standard InChI is InChI=1S/C9H8F3NO2/c1-4-7(8(11)12)5(9(14)15-2)3-6(10)13-4/h3,8H,1-2H3. The van der Waals surface area contributed by atoms with Crippen LogP contribution in [-0.4, -0.2) is 18.1 Å². The highest BCUT2D eigenvalue weighted by Gasteiger charge is 2.23. The van der Waals surface area contributed by atoms with Crippen LogP contribution in [0.5, 0.6) is 0 Å². The average Bonchev–Trinajstić information content (AvgIpc) is 2.14. The van der Waals surface area contributed by atoms with Crippen LogP contribution in [0.4, 0.5) is 13.2 Å². The van der Waals surface area contributed by atoms with Gasteiger partial charge in [-0.2, -0.15) is 4.39 Å². The van der Waals surface area contributed by atoms with Crippen molar-refractivity contribution in [3.8, 4) is 0 Å². The lowest BCUT2D eigenvalue weighted by atomic mass is 10.1. The Morgan fingerprint density at radius 2 is 2.13 bits per heavy atom. The summed E-state index contributed by atoms with van der Waals surface area (Å²) < 4.78 is 42.2. The summed E-state index contributed by atoms with van der Waals surface area (Å²) in [4.78, 5) is 14.3. The number of alkyl halides is 2. The summed E-state index contributed by atoms with van der Waals surface area (Å²) in [5, 5.41) is 0. The van der Waals surface area contributed by atoms with Gasteiger partial charge in [-0.15, -0.1) is 0 Å². The number of nitrogens with zero attached hydrogens (tertiary/aromatic N) is 1. The second kappa shape index (κ2) is 4.29. The summed E-state index contributed by atoms with van der Waals surface area (Å²) in [7, 11) is 1.03. The van der Waals surface area contributed by atoms with E-state index < -0.39 is 29.5 Å². The van der Waals surface area contributed by atoms with E-state index in [2.05, 4.69) is 9.72 Å². The van der Waals surface area contributed by atoms with Crippen molar-refractivity contribution in [2.75, 3.05) is 7.11 Å². The van der Waals surface area contributed by atoms with Gasteiger partial charge < -0.3 is 4.74 Å². The summed E-state index contributed by atoms with van der Waals surface area (Å²) in [6.07, 6.45) is -2.90. The van der Waals surface area contributed by atoms with E-state index in [4.69, 9.17) is 0 Å². The van der Waals surface area contributed by atoms with E-state index in [1.165, 1.54) is 6.92 Å². The molecule has 82 valence electrons. The van der Waals surface area contributed by atoms with Crippen LogP contribution in [0.15, 0.2) is 6.07 Å². The van der Waals surface area contributed by atoms with Crippen molar-refractivity contribution in [1.29, 1.82) is 0 Å². The summed E-state index contributed by atoms with van der Waals surface area (Å²) in [5.41, 5.74) is -1.30. The Morgan fingerprint density at radius 1 is 1.53 bits per heavy atom. The highest BCUT2D eigenvalue weighted by atomic mass is 19.3. The molecule has 0 aliphatic heterocycles. The monoisotopic (exact) mass is 219 g/mol. The van der Waals surface area contributed by atoms with Crippen molar-refractivity contribution in [2.45, 2.75) is 13.3 Å². The van der Waals surface area contributed by atoms with Gasteiger partial charge in [-0.05, 0) is 6.92 Å². The molecule has 6 heteroatoms. The normalized spacial score (nSPS) is 10.5. The number of methoxy groups -OCH3 is 1. The van der Waals surface area contributed by atoms with Crippen molar-refractivity contribution in [3.63, 3.8) is 0 Å². The summed E-state index contributed by atoms with van der Waals surface area (Å²) >= 11 is 0. The van der Waals surface area contributed by atoms with E-state index in [9.17, 15) is 18.0 Å². The fourth-order valence-electron chi connectivity index (χ4n) is 1.20. The molecule has 0 aliphatic rings. The molecule has 3 nitrogen and oxygen atoms in total. The minimum absolute atomic E-state index is 0.217. The fraction of sp³-hybridized carbons (Fsp3) is 0.333. The first kappa shape index (κ1) is 11.5. The highest BCUT2D eigenvalue weighted by Crippen LogP contribution is 2.26. The first-order valence-electron chi connectivity index (χ1n) is 4.01. The van der Waals surface area contributed by atoms with Crippen LogP contribution in [0.2, 0.25) is 0 Å². The van der Waals surface area contributed by atoms with Crippen molar-refractivity contribution in [2.24, 2.45) is 0 Å². The average molecular weight is 219 g/mol. The van der Waals surface area contributed by atoms with Crippen LogP contribution in [-0.2, 0) is 4.74 Å². The Balaban J connectivity index is 3.40. The van der Waals surface area contributed by atoms with E-state index >= 15 is 0 Å². The first-order valence-corrected chi connectivity index (χ1v) is 4.01. The summed E-state index contributed by atoms with van der Waals surface area (Å²) in [6, 6.07) is 0.639. The van der Waals surface area contributed by atoms with Crippen molar-refractivity contribution in [3.05, 3.63) is 28.8 Å². The molecular weight excluding hydrogens is 211 g/mol. The van der Waals surface area contributed by atoms with Gasteiger partial charge in [0.1, 0.15) is 0 Å². The maximum Gasteiger partial charge on any atom is 0.338 e. The molecule has 1 rings (SSSR count). The zero-order chi connectivity index (χ0) is 11.6. The number of carbonyl (C=O) groups is 1. The maximum atomic E-state index is 12.8. The van der Waals surface area contributed by atoms with Crippen molar-refractivity contribution >= 4 is 5.97 Å². The van der Waals surface area contributed by atoms with Crippen molar-refractivity contribution < 1.29 is 22.7 Å². The molecule has 0 atom stereocenters. The van der Waals surface area contributed by atoms with E-state index in [0.29, 0.717) is 6.07 Å². The molecule has 0 saturated carbocycles. The lowest BCUT2D eigenvalue weighted by molar-refractivity contribution is 0.0587. The lowest BCUT2D eigenvalue weighted by Crippen LogP contribution is -2.10. The van der Waals surface area contributed by atoms with Gasteiger partial charge in [0, 0.05) is 6.07 Å². The second-order valence-electron chi connectivity index (χ2n) is 2.78. The topological polar surface area (TPSA) is 39.2 Å². The quantitative estimate of drug-likeness (QED) is 0.565. The van der Waals surface area contributed by atoms with Crippen LogP contribution in [0, 0.1) is 12.9 Å². The molecular formula is C9H8F3NO2. The number of aromatic nitrogens is 1. The molecule has 0 spiro atoms. The van der Waals surface area contributed by atoms with E-state index in [1.54, 1.807) is 0 Å². The Labute approximate surface area is 83.9 Å². The molecule has 0 bridgehead atoms. The predicted molar refractivity (Wildman–Crippen MR) is 45.2 cm³/mol. The molecule has 0 amide bonds. The van der Waals surface area contributed by atoms with Gasteiger partial charge >= 0.3 is 5.97 Å². The largest absolute Gasteiger partial charge is 0.465 e. The van der Waals surface area contributed by atoms with Gasteiger partial charge in [0.2, 0.25) is 5.95 Å². The molecule has 0 fully saturated rings. The SMILES string of the molecule is COC(=O)c1cc(F)nc(C)c1C(F)F. The smallest absolute Gasteiger partial charge is 0.338 e. The lowest BCUT2D eigenvalue weighted by Gasteiger charge is -2.09. The van der Waals surface area contributed by atoms with Crippen LogP contribution in [0.25, 0.3) is 0 Å². The Bertz CT molecular complexity index is 393. The molecule has 15 heavy (non-hydrogen) atoms. The third kappa shape index (κ3) is 2.26. The zero-order valence-electron chi connectivity index (χ0n) is 8.05. The highest BCUT2D eigenvalue weighted by molar-refractivity contribution is 5.91. The molecule has 0 N–H and O–H groups in total. The van der Waals surface area contributed by atoms with E-state index in [-0.39, 0.29) is 5.69 Å². The number of hydrogen-bond acceptors (Lipinski definition) is 3. The molecule has 0 saturated heterocycles. The number of aryl methyl sites for hydroxylation is 1. The van der Waals surface area contributed by atoms with Crippen LogP contribution >= 0.6 is 0 Å². The van der Waals surface area contributed by atoms with Gasteiger partial charge in [0.25, 0.3) is 6.43 Å². The van der Waals surface area contributed by atoms with E-state index in [1.807, 2.05) is 0 Å². The van der Waals surface area contributed by atoms with Crippen LogP contribution < -0.4 is 0 Å². The van der Waals surface area contributed by atoms with Crippen LogP contribution in [0.1, 0.15) is 28.0 Å². The number of carbonyl (C=O) groups excluding carboxylic acids is 1. The van der Waals surface area contributed by atoms with Gasteiger partial charge in [0.15, 0.2) is 0 Å². The molecule has 0 unspecified atom stereocenters. The maximum absolute atomic E-state index is 12.8. The number of hydrogen-bond donors (Lipinski definition) is 0. The predicted octanol–water partition coefficient (Wildman–Crippen LogP) is 2.25. The van der Waals surface area contributed by atoms with Gasteiger partial charge in [-0.3, -0.25) is 0 Å². The first-order chi connectivity index (χ1) is 6.97. The second-order valence-corrected chi connectivity index (χ2v) is 2.78. The number of halogens is 3. The molecule has 0 aliphatic carbocycles. The number of rotatable bonds is 2. The summed E-state index contributed by atoms with van der Waals surface area (Å²) in [6.45, 7) is 1.21. The molecule has 0 radical (unpaired) electrons. The Morgan fingerprint density at radius 3 is 2.60 bits per heavy atom. The molecule has 1 aromatic heterocycles. The zero-order valence-corrected chi connectivity index (χ0v) is 8.05. The van der Waals surface area contributed by atoms with Gasteiger partial charge in [-0.25, -0.2) is 18.6 Å². The Kier molecular flexibility index (Phi) is 3.28. The van der Waals surface area contributed by atoms with Crippen molar-refractivity contribution in [1.82, 2.24) is 4.98 Å². The Hall–Kier alpha value is -1.59. The molecule has 0 aromatic carbocycles. The molecule has 1 aromatic rings. The van der Waals surface area contributed by atoms with E-state index in [0.717, 1.165) is 7.11 Å². The third-order valence-electron chi connectivity index (χ3n) is 1.84. The third-order valence-corrected chi connectivity index (χ3v) is 1.84. The van der Waals surface area contributed by atoms with Gasteiger partial charge in [-0.1, -0.05) is 0 Å². The minimum Gasteiger partial charge on any atom is -0.465 e. The fourth-order valence-corrected chi connectivity index (χ4v) is 1.20. The molecule has 1 heterocycles. The number of pyridine rings is 1. The number of esters is 1. The number of ether oxygens (including phenoxy) is 1. The minimum atomic E-state index is -2.90. The van der Waals surface area contributed by atoms with Gasteiger partial charge in [0.05, 0.1) is 23.9 Å².